The topological polar surface area (TPSA) is 48.0 Å². The minimum absolute atomic E-state index is 0.00615. The third-order valence-corrected chi connectivity index (χ3v) is 3.89. The lowest BCUT2D eigenvalue weighted by molar-refractivity contribution is 0.748. The van der Waals surface area contributed by atoms with E-state index in [-0.39, 0.29) is 5.56 Å². The standard InChI is InChI=1S/C13H12Br2N2O/c1-8-5-9(14)6-17(13(8)18)7-10-11(15)3-2-4-12(10)16/h2-6H,7,16H2,1H3. The zero-order chi connectivity index (χ0) is 13.3. The van der Waals surface area contributed by atoms with Crippen molar-refractivity contribution in [2.45, 2.75) is 13.5 Å². The molecule has 1 aromatic carbocycles. The monoisotopic (exact) mass is 370 g/mol. The number of hydrogen-bond acceptors (Lipinski definition) is 2. The average Bonchev–Trinajstić information content (AvgIpc) is 2.30. The van der Waals surface area contributed by atoms with E-state index < -0.39 is 0 Å². The van der Waals surface area contributed by atoms with Crippen molar-refractivity contribution in [3.05, 3.63) is 60.9 Å². The van der Waals surface area contributed by atoms with Crippen LogP contribution in [0.3, 0.4) is 0 Å². The molecule has 94 valence electrons. The number of rotatable bonds is 2. The number of nitrogens with zero attached hydrogens (tertiary/aromatic N) is 1. The molecule has 2 aromatic rings. The van der Waals surface area contributed by atoms with Crippen molar-refractivity contribution in [1.29, 1.82) is 0 Å². The van der Waals surface area contributed by atoms with Gasteiger partial charge in [0.15, 0.2) is 0 Å². The molecule has 0 bridgehead atoms. The highest BCUT2D eigenvalue weighted by Gasteiger charge is 2.08. The van der Waals surface area contributed by atoms with Gasteiger partial charge >= 0.3 is 0 Å². The SMILES string of the molecule is Cc1cc(Br)cn(Cc2c(N)cccc2Br)c1=O. The maximum absolute atomic E-state index is 12.0. The van der Waals surface area contributed by atoms with Gasteiger partial charge in [0.1, 0.15) is 0 Å². The van der Waals surface area contributed by atoms with Crippen LogP contribution in [0.25, 0.3) is 0 Å². The Balaban J connectivity index is 2.50. The van der Waals surface area contributed by atoms with Crippen molar-refractivity contribution >= 4 is 37.5 Å². The van der Waals surface area contributed by atoms with E-state index in [4.69, 9.17) is 5.73 Å². The molecule has 0 aliphatic heterocycles. The zero-order valence-corrected chi connectivity index (χ0v) is 13.0. The Kier molecular flexibility index (Phi) is 3.92. The predicted molar refractivity (Wildman–Crippen MR) is 80.8 cm³/mol. The first kappa shape index (κ1) is 13.4. The molecule has 3 nitrogen and oxygen atoms in total. The van der Waals surface area contributed by atoms with Gasteiger partial charge in [-0.1, -0.05) is 22.0 Å². The lowest BCUT2D eigenvalue weighted by atomic mass is 10.2. The molecule has 0 aliphatic carbocycles. The Hall–Kier alpha value is -1.07. The Morgan fingerprint density at radius 3 is 2.72 bits per heavy atom. The van der Waals surface area contributed by atoms with Gasteiger partial charge in [-0.25, -0.2) is 0 Å². The highest BCUT2D eigenvalue weighted by molar-refractivity contribution is 9.10. The molecule has 2 N–H and O–H groups in total. The summed E-state index contributed by atoms with van der Waals surface area (Å²) < 4.78 is 3.44. The van der Waals surface area contributed by atoms with E-state index in [1.807, 2.05) is 24.3 Å². The molecule has 0 unspecified atom stereocenters. The molecule has 0 spiro atoms. The summed E-state index contributed by atoms with van der Waals surface area (Å²) >= 11 is 6.85. The van der Waals surface area contributed by atoms with Gasteiger partial charge in [-0.3, -0.25) is 4.79 Å². The lowest BCUT2D eigenvalue weighted by Crippen LogP contribution is -2.22. The summed E-state index contributed by atoms with van der Waals surface area (Å²) in [6, 6.07) is 7.43. The largest absolute Gasteiger partial charge is 0.398 e. The quantitative estimate of drug-likeness (QED) is 0.823. The van der Waals surface area contributed by atoms with Crippen LogP contribution in [0.2, 0.25) is 0 Å². The number of pyridine rings is 1. The van der Waals surface area contributed by atoms with Crippen LogP contribution in [0.15, 0.2) is 44.2 Å². The molecule has 0 aliphatic rings. The summed E-state index contributed by atoms with van der Waals surface area (Å²) in [5.74, 6) is 0. The van der Waals surface area contributed by atoms with E-state index in [1.54, 1.807) is 17.7 Å². The van der Waals surface area contributed by atoms with Crippen molar-refractivity contribution in [2.75, 3.05) is 5.73 Å². The van der Waals surface area contributed by atoms with Gasteiger partial charge in [0.25, 0.3) is 5.56 Å². The van der Waals surface area contributed by atoms with Crippen molar-refractivity contribution < 1.29 is 0 Å². The fraction of sp³-hybridized carbons (Fsp3) is 0.154. The van der Waals surface area contributed by atoms with Crippen molar-refractivity contribution in [2.24, 2.45) is 0 Å². The average molecular weight is 372 g/mol. The van der Waals surface area contributed by atoms with Gasteiger partial charge < -0.3 is 10.3 Å². The third kappa shape index (κ3) is 2.67. The number of hydrogen-bond donors (Lipinski definition) is 1. The van der Waals surface area contributed by atoms with Crippen LogP contribution in [0.5, 0.6) is 0 Å². The molecule has 0 atom stereocenters. The summed E-state index contributed by atoms with van der Waals surface area (Å²) in [5.41, 5.74) is 8.22. The van der Waals surface area contributed by atoms with E-state index in [0.717, 1.165) is 14.5 Å². The smallest absolute Gasteiger partial charge is 0.253 e. The molecule has 1 aromatic heterocycles. The van der Waals surface area contributed by atoms with E-state index in [2.05, 4.69) is 31.9 Å². The maximum Gasteiger partial charge on any atom is 0.253 e. The van der Waals surface area contributed by atoms with Crippen molar-refractivity contribution in [1.82, 2.24) is 4.57 Å². The van der Waals surface area contributed by atoms with Crippen molar-refractivity contribution in [3.8, 4) is 0 Å². The number of aryl methyl sites for hydroxylation is 1. The Morgan fingerprint density at radius 2 is 2.06 bits per heavy atom. The van der Waals surface area contributed by atoms with Crippen LogP contribution in [0, 0.1) is 6.92 Å². The van der Waals surface area contributed by atoms with Crippen LogP contribution in [-0.4, -0.2) is 4.57 Å². The first-order valence-electron chi connectivity index (χ1n) is 5.38. The Labute approximate surface area is 122 Å². The molecular weight excluding hydrogens is 360 g/mol. The molecule has 0 amide bonds. The molecule has 0 saturated heterocycles. The van der Waals surface area contributed by atoms with E-state index in [9.17, 15) is 4.79 Å². The number of anilines is 1. The fourth-order valence-corrected chi connectivity index (χ4v) is 2.87. The second-order valence-corrected chi connectivity index (χ2v) is 5.85. The Bertz CT molecular complexity index is 630. The van der Waals surface area contributed by atoms with Gasteiger partial charge in [0, 0.05) is 32.0 Å². The molecular formula is C13H12Br2N2O. The first-order valence-corrected chi connectivity index (χ1v) is 6.97. The van der Waals surface area contributed by atoms with Crippen LogP contribution >= 0.6 is 31.9 Å². The molecule has 0 fully saturated rings. The molecule has 5 heteroatoms. The molecule has 2 rings (SSSR count). The van der Waals surface area contributed by atoms with Crippen molar-refractivity contribution in [3.63, 3.8) is 0 Å². The van der Waals surface area contributed by atoms with Crippen LogP contribution in [-0.2, 0) is 6.54 Å². The molecule has 0 saturated carbocycles. The predicted octanol–water partition coefficient (Wildman–Crippen LogP) is 3.31. The summed E-state index contributed by atoms with van der Waals surface area (Å²) in [4.78, 5) is 12.0. The maximum atomic E-state index is 12.0. The number of aromatic nitrogens is 1. The summed E-state index contributed by atoms with van der Waals surface area (Å²) in [7, 11) is 0. The lowest BCUT2D eigenvalue weighted by Gasteiger charge is -2.11. The van der Waals surface area contributed by atoms with Gasteiger partial charge in [0.05, 0.1) is 6.54 Å². The van der Waals surface area contributed by atoms with Crippen LogP contribution in [0.4, 0.5) is 5.69 Å². The molecule has 1 heterocycles. The minimum Gasteiger partial charge on any atom is -0.398 e. The van der Waals surface area contributed by atoms with Crippen LogP contribution in [0.1, 0.15) is 11.1 Å². The van der Waals surface area contributed by atoms with Gasteiger partial charge in [-0.2, -0.15) is 0 Å². The van der Waals surface area contributed by atoms with E-state index in [0.29, 0.717) is 17.8 Å². The fourth-order valence-electron chi connectivity index (χ4n) is 1.77. The van der Waals surface area contributed by atoms with E-state index in [1.165, 1.54) is 0 Å². The van der Waals surface area contributed by atoms with Gasteiger partial charge in [-0.05, 0) is 41.1 Å². The number of benzene rings is 1. The number of nitrogens with two attached hydrogens (primary N) is 1. The second kappa shape index (κ2) is 5.28. The summed E-state index contributed by atoms with van der Waals surface area (Å²) in [6.45, 7) is 2.25. The summed E-state index contributed by atoms with van der Waals surface area (Å²) in [6.07, 6.45) is 1.77. The summed E-state index contributed by atoms with van der Waals surface area (Å²) in [5, 5.41) is 0. The van der Waals surface area contributed by atoms with Gasteiger partial charge in [0.2, 0.25) is 0 Å². The molecule has 0 radical (unpaired) electrons. The first-order chi connectivity index (χ1) is 8.49. The van der Waals surface area contributed by atoms with Gasteiger partial charge in [-0.15, -0.1) is 0 Å². The highest BCUT2D eigenvalue weighted by atomic mass is 79.9. The zero-order valence-electron chi connectivity index (χ0n) is 9.78. The highest BCUT2D eigenvalue weighted by Crippen LogP contribution is 2.23. The Morgan fingerprint density at radius 1 is 1.33 bits per heavy atom. The van der Waals surface area contributed by atoms with Crippen LogP contribution < -0.4 is 11.3 Å². The normalized spacial score (nSPS) is 10.6. The number of halogens is 2. The minimum atomic E-state index is -0.00615. The van der Waals surface area contributed by atoms with E-state index >= 15 is 0 Å². The second-order valence-electron chi connectivity index (χ2n) is 4.08. The number of nitrogen functional groups attached to an aromatic ring is 1. The third-order valence-electron chi connectivity index (χ3n) is 2.72. The molecule has 18 heavy (non-hydrogen) atoms.